The normalized spacial score (nSPS) is 14.9. The second-order valence-electron chi connectivity index (χ2n) is 7.24. The predicted octanol–water partition coefficient (Wildman–Crippen LogP) is 1.70. The van der Waals surface area contributed by atoms with Gasteiger partial charge in [-0.15, -0.1) is 0 Å². The molecule has 0 atom stereocenters. The number of aryl methyl sites for hydroxylation is 1. The SMILES string of the molecule is COC(=O)C1CCN(C(=O)c2cn(C)cc3c(=O)n(-c4ccccc4)nc2-3)CC1. The fourth-order valence-corrected chi connectivity index (χ4v) is 3.79. The monoisotopic (exact) mass is 394 g/mol. The average molecular weight is 394 g/mol. The van der Waals surface area contributed by atoms with E-state index in [2.05, 4.69) is 5.10 Å². The molecule has 0 bridgehead atoms. The van der Waals surface area contributed by atoms with Crippen molar-refractivity contribution in [3.05, 3.63) is 58.6 Å². The molecule has 3 heterocycles. The van der Waals surface area contributed by atoms with Gasteiger partial charge in [-0.3, -0.25) is 14.4 Å². The highest BCUT2D eigenvalue weighted by atomic mass is 16.5. The van der Waals surface area contributed by atoms with Crippen LogP contribution in [0.5, 0.6) is 0 Å². The number of amides is 1. The highest BCUT2D eigenvalue weighted by molar-refractivity contribution is 6.00. The van der Waals surface area contributed by atoms with Crippen molar-refractivity contribution in [2.75, 3.05) is 20.2 Å². The number of carbonyl (C=O) groups excluding carboxylic acids is 2. The number of benzene rings is 1. The number of pyridine rings is 1. The smallest absolute Gasteiger partial charge is 0.308 e. The number of likely N-dealkylation sites (tertiary alicyclic amines) is 1. The molecule has 8 heteroatoms. The molecule has 3 aliphatic rings. The summed E-state index contributed by atoms with van der Waals surface area (Å²) in [6.07, 6.45) is 4.50. The number of rotatable bonds is 3. The minimum atomic E-state index is -0.263. The summed E-state index contributed by atoms with van der Waals surface area (Å²) in [5.74, 6) is -0.600. The van der Waals surface area contributed by atoms with Crippen LogP contribution in [-0.2, 0) is 16.6 Å². The Balaban J connectivity index is 1.68. The van der Waals surface area contributed by atoms with E-state index in [0.29, 0.717) is 48.4 Å². The van der Waals surface area contributed by atoms with Gasteiger partial charge in [0, 0.05) is 32.5 Å². The lowest BCUT2D eigenvalue weighted by Crippen LogP contribution is -2.40. The van der Waals surface area contributed by atoms with Crippen LogP contribution in [0.3, 0.4) is 0 Å². The second kappa shape index (κ2) is 7.54. The number of ether oxygens (including phenoxy) is 1. The first-order valence-corrected chi connectivity index (χ1v) is 9.51. The minimum absolute atomic E-state index is 0.179. The van der Waals surface area contributed by atoms with E-state index in [4.69, 9.17) is 4.74 Å². The molecule has 8 nitrogen and oxygen atoms in total. The maximum absolute atomic E-state index is 13.2. The molecular formula is C21H22N4O4. The van der Waals surface area contributed by atoms with Gasteiger partial charge in [-0.2, -0.15) is 9.78 Å². The number of carbonyl (C=O) groups is 2. The first-order chi connectivity index (χ1) is 14.0. The van der Waals surface area contributed by atoms with Gasteiger partial charge in [-0.05, 0) is 25.0 Å². The summed E-state index contributed by atoms with van der Waals surface area (Å²) in [7, 11) is 3.16. The molecule has 0 radical (unpaired) electrons. The van der Waals surface area contributed by atoms with E-state index in [1.807, 2.05) is 18.2 Å². The Morgan fingerprint density at radius 1 is 1.10 bits per heavy atom. The van der Waals surface area contributed by atoms with Crippen molar-refractivity contribution < 1.29 is 14.3 Å². The van der Waals surface area contributed by atoms with Crippen molar-refractivity contribution in [1.82, 2.24) is 19.2 Å². The largest absolute Gasteiger partial charge is 0.469 e. The molecule has 0 aliphatic carbocycles. The molecule has 1 amide bonds. The summed E-state index contributed by atoms with van der Waals surface area (Å²) in [6, 6.07) is 9.13. The third-order valence-corrected chi connectivity index (χ3v) is 5.35. The number of aromatic nitrogens is 3. The van der Waals surface area contributed by atoms with Crippen LogP contribution in [0.2, 0.25) is 0 Å². The van der Waals surface area contributed by atoms with Gasteiger partial charge < -0.3 is 14.2 Å². The van der Waals surface area contributed by atoms with Crippen molar-refractivity contribution in [2.24, 2.45) is 13.0 Å². The quantitative estimate of drug-likeness (QED) is 0.631. The molecule has 1 saturated heterocycles. The summed E-state index contributed by atoms with van der Waals surface area (Å²) >= 11 is 0. The zero-order valence-electron chi connectivity index (χ0n) is 16.4. The number of para-hydroxylation sites is 1. The Morgan fingerprint density at radius 2 is 1.79 bits per heavy atom. The van der Waals surface area contributed by atoms with Crippen molar-refractivity contribution in [1.29, 1.82) is 0 Å². The molecule has 0 spiro atoms. The van der Waals surface area contributed by atoms with E-state index in [9.17, 15) is 14.4 Å². The van der Waals surface area contributed by atoms with E-state index in [0.717, 1.165) is 0 Å². The average Bonchev–Trinajstić information content (AvgIpc) is 3.09. The molecule has 29 heavy (non-hydrogen) atoms. The molecular weight excluding hydrogens is 372 g/mol. The molecule has 150 valence electrons. The Hall–Kier alpha value is -3.42. The lowest BCUT2D eigenvalue weighted by Gasteiger charge is -2.31. The highest BCUT2D eigenvalue weighted by Gasteiger charge is 2.31. The van der Waals surface area contributed by atoms with Crippen molar-refractivity contribution in [2.45, 2.75) is 12.8 Å². The fourth-order valence-electron chi connectivity index (χ4n) is 3.79. The molecule has 1 aromatic rings. The second-order valence-corrected chi connectivity index (χ2v) is 7.24. The van der Waals surface area contributed by atoms with Crippen LogP contribution in [0.25, 0.3) is 16.9 Å². The van der Waals surface area contributed by atoms with Gasteiger partial charge in [0.05, 0.1) is 29.8 Å². The van der Waals surface area contributed by atoms with Crippen LogP contribution in [0, 0.1) is 5.92 Å². The third-order valence-electron chi connectivity index (χ3n) is 5.35. The van der Waals surface area contributed by atoms with Crippen LogP contribution in [0.1, 0.15) is 23.2 Å². The number of esters is 1. The van der Waals surface area contributed by atoms with E-state index < -0.39 is 0 Å². The molecule has 0 aromatic heterocycles. The molecule has 1 fully saturated rings. The number of piperidine rings is 1. The predicted molar refractivity (Wildman–Crippen MR) is 106 cm³/mol. The van der Waals surface area contributed by atoms with Gasteiger partial charge >= 0.3 is 5.97 Å². The fraction of sp³-hybridized carbons (Fsp3) is 0.333. The number of hydrogen-bond acceptors (Lipinski definition) is 5. The zero-order valence-corrected chi connectivity index (χ0v) is 16.4. The van der Waals surface area contributed by atoms with Crippen molar-refractivity contribution >= 4 is 11.9 Å². The van der Waals surface area contributed by atoms with E-state index in [1.54, 1.807) is 41.0 Å². The van der Waals surface area contributed by atoms with Crippen molar-refractivity contribution in [3.8, 4) is 16.9 Å². The third kappa shape index (κ3) is 3.41. The topological polar surface area (TPSA) is 86.4 Å². The van der Waals surface area contributed by atoms with Gasteiger partial charge in [-0.1, -0.05) is 18.2 Å². The van der Waals surface area contributed by atoms with Gasteiger partial charge in [-0.25, -0.2) is 0 Å². The van der Waals surface area contributed by atoms with Crippen LogP contribution in [0.4, 0.5) is 0 Å². The number of hydrogen-bond donors (Lipinski definition) is 0. The Labute approximate surface area is 167 Å². The molecule has 3 aliphatic heterocycles. The summed E-state index contributed by atoms with van der Waals surface area (Å²) in [5.41, 5.74) is 1.55. The lowest BCUT2D eigenvalue weighted by atomic mass is 9.96. The molecule has 4 rings (SSSR count). The summed E-state index contributed by atoms with van der Waals surface area (Å²) in [4.78, 5) is 39.5. The summed E-state index contributed by atoms with van der Waals surface area (Å²) in [5, 5.41) is 4.47. The van der Waals surface area contributed by atoms with Gasteiger partial charge in [0.25, 0.3) is 11.5 Å². The van der Waals surface area contributed by atoms with E-state index in [-0.39, 0.29) is 23.4 Å². The first kappa shape index (κ1) is 18.9. The van der Waals surface area contributed by atoms with Gasteiger partial charge in [0.1, 0.15) is 5.69 Å². The lowest BCUT2D eigenvalue weighted by molar-refractivity contribution is -0.146. The van der Waals surface area contributed by atoms with Crippen LogP contribution >= 0.6 is 0 Å². The standard InChI is InChI=1S/C21H22N4O4/c1-23-12-16(19(26)24-10-8-14(9-11-24)21(28)29-2)18-17(13-23)20(27)25(22-18)15-6-4-3-5-7-15/h3-7,12-14H,8-11H2,1-2H3. The highest BCUT2D eigenvalue weighted by Crippen LogP contribution is 2.26. The number of fused-ring (bicyclic) bond motifs is 1. The first-order valence-electron chi connectivity index (χ1n) is 9.51. The van der Waals surface area contributed by atoms with Crippen LogP contribution in [-0.4, -0.2) is 51.3 Å². The molecule has 0 saturated carbocycles. The molecule has 0 unspecified atom stereocenters. The van der Waals surface area contributed by atoms with E-state index in [1.165, 1.54) is 11.8 Å². The van der Waals surface area contributed by atoms with Gasteiger partial charge in [0.2, 0.25) is 0 Å². The number of nitrogens with zero attached hydrogens (tertiary/aromatic N) is 4. The molecule has 1 aromatic carbocycles. The maximum Gasteiger partial charge on any atom is 0.308 e. The summed E-state index contributed by atoms with van der Waals surface area (Å²) in [6.45, 7) is 0.921. The summed E-state index contributed by atoms with van der Waals surface area (Å²) < 4.78 is 7.84. The minimum Gasteiger partial charge on any atom is -0.469 e. The molecule has 0 N–H and O–H groups in total. The van der Waals surface area contributed by atoms with Crippen molar-refractivity contribution in [3.63, 3.8) is 0 Å². The number of methoxy groups -OCH3 is 1. The zero-order chi connectivity index (χ0) is 20.5. The Kier molecular flexibility index (Phi) is 4.92. The Bertz CT molecular complexity index is 1080. The van der Waals surface area contributed by atoms with Crippen LogP contribution < -0.4 is 5.56 Å². The maximum atomic E-state index is 13.2. The van der Waals surface area contributed by atoms with E-state index >= 15 is 0 Å². The van der Waals surface area contributed by atoms with Gasteiger partial charge in [0.15, 0.2) is 0 Å². The Morgan fingerprint density at radius 3 is 2.45 bits per heavy atom. The van der Waals surface area contributed by atoms with Crippen LogP contribution in [0.15, 0.2) is 47.5 Å².